The van der Waals surface area contributed by atoms with Crippen molar-refractivity contribution < 1.29 is 24.5 Å². The minimum atomic E-state index is -0.920. The Morgan fingerprint density at radius 2 is 2.05 bits per heavy atom. The number of aliphatic carboxylic acids is 1. The molecule has 0 spiro atoms. The van der Waals surface area contributed by atoms with Crippen LogP contribution in [0.15, 0.2) is 0 Å². The topological polar surface area (TPSA) is 99.1 Å². The fourth-order valence-electron chi connectivity index (χ4n) is 2.18. The molecule has 1 heterocycles. The van der Waals surface area contributed by atoms with Gasteiger partial charge in [0.25, 0.3) is 0 Å². The summed E-state index contributed by atoms with van der Waals surface area (Å²) in [4.78, 5) is 24.0. The molecule has 19 heavy (non-hydrogen) atoms. The Labute approximate surface area is 112 Å². The zero-order valence-corrected chi connectivity index (χ0v) is 11.3. The van der Waals surface area contributed by atoms with Crippen LogP contribution in [0.25, 0.3) is 0 Å². The number of amides is 1. The van der Waals surface area contributed by atoms with Gasteiger partial charge in [-0.05, 0) is 26.9 Å². The maximum Gasteiger partial charge on any atom is 0.305 e. The highest BCUT2D eigenvalue weighted by Gasteiger charge is 2.32. The van der Waals surface area contributed by atoms with Gasteiger partial charge in [0.05, 0.1) is 31.7 Å². The number of nitrogens with zero attached hydrogens (tertiary/aromatic N) is 1. The van der Waals surface area contributed by atoms with E-state index in [1.165, 1.54) is 0 Å². The van der Waals surface area contributed by atoms with Gasteiger partial charge in [-0.3, -0.25) is 9.59 Å². The van der Waals surface area contributed by atoms with Crippen molar-refractivity contribution in [3.63, 3.8) is 0 Å². The van der Waals surface area contributed by atoms with E-state index in [4.69, 9.17) is 9.84 Å². The van der Waals surface area contributed by atoms with Crippen molar-refractivity contribution in [1.29, 1.82) is 0 Å². The van der Waals surface area contributed by atoms with Gasteiger partial charge in [0.2, 0.25) is 5.91 Å². The normalized spacial score (nSPS) is 27.3. The lowest BCUT2D eigenvalue weighted by Crippen LogP contribution is -2.52. The van der Waals surface area contributed by atoms with Crippen molar-refractivity contribution in [3.8, 4) is 0 Å². The average molecular weight is 274 g/mol. The van der Waals surface area contributed by atoms with E-state index in [0.29, 0.717) is 12.8 Å². The summed E-state index contributed by atoms with van der Waals surface area (Å²) in [6.07, 6.45) is 0.174. The molecule has 1 aliphatic rings. The number of aliphatic hydroxyl groups excluding tert-OH is 1. The van der Waals surface area contributed by atoms with Crippen molar-refractivity contribution in [2.24, 2.45) is 0 Å². The highest BCUT2D eigenvalue weighted by Crippen LogP contribution is 2.21. The van der Waals surface area contributed by atoms with Crippen LogP contribution in [0.1, 0.15) is 19.3 Å². The first kappa shape index (κ1) is 15.9. The molecule has 0 bridgehead atoms. The predicted octanol–water partition coefficient (Wildman–Crippen LogP) is -0.953. The monoisotopic (exact) mass is 274 g/mol. The van der Waals surface area contributed by atoms with Gasteiger partial charge in [0.1, 0.15) is 6.10 Å². The molecule has 0 aliphatic carbocycles. The first-order chi connectivity index (χ1) is 8.92. The van der Waals surface area contributed by atoms with Gasteiger partial charge >= 0.3 is 5.97 Å². The molecule has 0 aromatic carbocycles. The zero-order valence-electron chi connectivity index (χ0n) is 11.3. The average Bonchev–Trinajstić information content (AvgIpc) is 2.29. The van der Waals surface area contributed by atoms with E-state index in [2.05, 4.69) is 5.32 Å². The third-order valence-corrected chi connectivity index (χ3v) is 3.00. The van der Waals surface area contributed by atoms with E-state index in [1.54, 1.807) is 19.0 Å². The lowest BCUT2D eigenvalue weighted by Gasteiger charge is -2.35. The largest absolute Gasteiger partial charge is 0.481 e. The van der Waals surface area contributed by atoms with E-state index >= 15 is 0 Å². The lowest BCUT2D eigenvalue weighted by molar-refractivity contribution is -0.147. The zero-order chi connectivity index (χ0) is 14.4. The van der Waals surface area contributed by atoms with Crippen molar-refractivity contribution in [2.75, 3.05) is 27.2 Å². The number of aliphatic hydroxyl groups is 1. The van der Waals surface area contributed by atoms with Crippen LogP contribution in [0, 0.1) is 0 Å². The lowest BCUT2D eigenvalue weighted by atomic mass is 9.97. The van der Waals surface area contributed by atoms with E-state index in [0.717, 1.165) is 0 Å². The molecule has 3 atom stereocenters. The molecule has 0 saturated carbocycles. The molecule has 1 rings (SSSR count). The molecule has 0 unspecified atom stereocenters. The maximum atomic E-state index is 11.7. The van der Waals surface area contributed by atoms with Crippen molar-refractivity contribution in [3.05, 3.63) is 0 Å². The molecule has 1 fully saturated rings. The van der Waals surface area contributed by atoms with Crippen LogP contribution < -0.4 is 5.32 Å². The third-order valence-electron chi connectivity index (χ3n) is 3.00. The molecule has 110 valence electrons. The SMILES string of the molecule is CN(C)CC(=O)N[C@@H]1CC[C@H](CC(=O)O)O[C@H]1CO. The molecular formula is C12H22N2O5. The number of hydrogen-bond acceptors (Lipinski definition) is 5. The second-order valence-corrected chi connectivity index (χ2v) is 5.07. The van der Waals surface area contributed by atoms with Gasteiger partial charge in [-0.15, -0.1) is 0 Å². The molecule has 3 N–H and O–H groups in total. The summed E-state index contributed by atoms with van der Waals surface area (Å²) in [6, 6.07) is -0.262. The van der Waals surface area contributed by atoms with Gasteiger partial charge in [-0.1, -0.05) is 0 Å². The second-order valence-electron chi connectivity index (χ2n) is 5.07. The Bertz CT molecular complexity index is 321. The van der Waals surface area contributed by atoms with Crippen LogP contribution in [-0.2, 0) is 14.3 Å². The van der Waals surface area contributed by atoms with Crippen LogP contribution in [0.3, 0.4) is 0 Å². The Morgan fingerprint density at radius 1 is 1.37 bits per heavy atom. The van der Waals surface area contributed by atoms with E-state index < -0.39 is 18.2 Å². The number of carbonyl (C=O) groups is 2. The number of likely N-dealkylation sites (N-methyl/N-ethyl adjacent to an activating group) is 1. The maximum absolute atomic E-state index is 11.7. The Hall–Kier alpha value is -1.18. The van der Waals surface area contributed by atoms with Gasteiger partial charge in [0, 0.05) is 0 Å². The summed E-state index contributed by atoms with van der Waals surface area (Å²) >= 11 is 0. The predicted molar refractivity (Wildman–Crippen MR) is 67.7 cm³/mol. The molecule has 0 radical (unpaired) electrons. The summed E-state index contributed by atoms with van der Waals surface area (Å²) in [7, 11) is 3.59. The van der Waals surface area contributed by atoms with Gasteiger partial charge in [0.15, 0.2) is 0 Å². The third kappa shape index (κ3) is 5.54. The Balaban J connectivity index is 2.47. The standard InChI is InChI=1S/C12H22N2O5/c1-14(2)6-11(16)13-9-4-3-8(5-12(17)18)19-10(9)7-15/h8-10,15H,3-7H2,1-2H3,(H,13,16)(H,17,18)/t8-,9-,10+/m1/s1. The van der Waals surface area contributed by atoms with Crippen LogP contribution in [0.2, 0.25) is 0 Å². The fraction of sp³-hybridized carbons (Fsp3) is 0.833. The molecule has 1 amide bonds. The summed E-state index contributed by atoms with van der Waals surface area (Å²) in [5, 5.41) is 20.8. The van der Waals surface area contributed by atoms with Crippen molar-refractivity contribution in [1.82, 2.24) is 10.2 Å². The number of nitrogens with one attached hydrogen (secondary N) is 1. The number of carbonyl (C=O) groups excluding carboxylic acids is 1. The molecule has 0 aromatic heterocycles. The number of ether oxygens (including phenoxy) is 1. The summed E-state index contributed by atoms with van der Waals surface area (Å²) in [6.45, 7) is 0.0379. The highest BCUT2D eigenvalue weighted by atomic mass is 16.5. The summed E-state index contributed by atoms with van der Waals surface area (Å²) < 4.78 is 5.51. The number of carboxylic acid groups (broad SMARTS) is 1. The first-order valence-corrected chi connectivity index (χ1v) is 6.34. The Kier molecular flexibility index (Phi) is 6.20. The van der Waals surface area contributed by atoms with E-state index in [-0.39, 0.29) is 31.5 Å². The number of carboxylic acids is 1. The number of rotatable bonds is 6. The smallest absolute Gasteiger partial charge is 0.305 e. The summed E-state index contributed by atoms with van der Waals surface area (Å²) in [5.74, 6) is -1.05. The molecule has 1 aliphatic heterocycles. The fourth-order valence-corrected chi connectivity index (χ4v) is 2.18. The van der Waals surface area contributed by atoms with Crippen molar-refractivity contribution >= 4 is 11.9 Å². The van der Waals surface area contributed by atoms with Crippen molar-refractivity contribution in [2.45, 2.75) is 37.5 Å². The van der Waals surface area contributed by atoms with Gasteiger partial charge in [-0.2, -0.15) is 0 Å². The van der Waals surface area contributed by atoms with Gasteiger partial charge in [-0.25, -0.2) is 0 Å². The molecule has 0 aromatic rings. The van der Waals surface area contributed by atoms with E-state index in [1.807, 2.05) is 0 Å². The molecular weight excluding hydrogens is 252 g/mol. The highest BCUT2D eigenvalue weighted by molar-refractivity contribution is 5.78. The molecule has 7 nitrogen and oxygen atoms in total. The van der Waals surface area contributed by atoms with Gasteiger partial charge < -0.3 is 25.2 Å². The minimum Gasteiger partial charge on any atom is -0.481 e. The second kappa shape index (κ2) is 7.42. The summed E-state index contributed by atoms with van der Waals surface area (Å²) in [5.41, 5.74) is 0. The number of hydrogen-bond donors (Lipinski definition) is 3. The minimum absolute atomic E-state index is 0.0745. The molecule has 1 saturated heterocycles. The Morgan fingerprint density at radius 3 is 2.58 bits per heavy atom. The first-order valence-electron chi connectivity index (χ1n) is 6.34. The molecule has 7 heteroatoms. The van der Waals surface area contributed by atoms with Crippen LogP contribution in [0.4, 0.5) is 0 Å². The van der Waals surface area contributed by atoms with Crippen LogP contribution >= 0.6 is 0 Å². The van der Waals surface area contributed by atoms with Crippen LogP contribution in [-0.4, -0.2) is 72.5 Å². The van der Waals surface area contributed by atoms with Crippen LogP contribution in [0.5, 0.6) is 0 Å². The van der Waals surface area contributed by atoms with E-state index in [9.17, 15) is 14.7 Å². The quantitative estimate of drug-likeness (QED) is 0.577.